The molecule has 0 aliphatic heterocycles. The van der Waals surface area contributed by atoms with E-state index in [1.54, 1.807) is 0 Å². The molecule has 1 aromatic rings. The van der Waals surface area contributed by atoms with Crippen molar-refractivity contribution in [1.29, 1.82) is 0 Å². The van der Waals surface area contributed by atoms with E-state index in [0.717, 1.165) is 19.6 Å². The predicted octanol–water partition coefficient (Wildman–Crippen LogP) is 3.99. The fraction of sp³-hybridized carbons (Fsp3) is 0.529. The van der Waals surface area contributed by atoms with Gasteiger partial charge in [0.15, 0.2) is 0 Å². The van der Waals surface area contributed by atoms with Crippen molar-refractivity contribution in [3.05, 3.63) is 42.0 Å². The maximum absolute atomic E-state index is 6.16. The number of ether oxygens (including phenoxy) is 1. The summed E-state index contributed by atoms with van der Waals surface area (Å²) in [5.74, 6) is 0. The number of hydrogen-bond donors (Lipinski definition) is 0. The average Bonchev–Trinajstić information content (AvgIpc) is 2.47. The monoisotopic (exact) mass is 292 g/mol. The van der Waals surface area contributed by atoms with Crippen LogP contribution in [0.4, 0.5) is 0 Å². The molecule has 0 aliphatic carbocycles. The Kier molecular flexibility index (Phi) is 8.50. The van der Waals surface area contributed by atoms with Crippen LogP contribution in [0.5, 0.6) is 0 Å². The Morgan fingerprint density at radius 2 is 2.15 bits per heavy atom. The second kappa shape index (κ2) is 9.92. The third kappa shape index (κ3) is 6.03. The Labute approximate surface area is 125 Å². The van der Waals surface area contributed by atoms with Gasteiger partial charge in [0.25, 0.3) is 0 Å². The van der Waals surface area contributed by atoms with E-state index < -0.39 is 9.04 Å². The third-order valence-corrected chi connectivity index (χ3v) is 6.49. The van der Waals surface area contributed by atoms with Crippen molar-refractivity contribution >= 4 is 15.1 Å². The quantitative estimate of drug-likeness (QED) is 0.607. The Balaban J connectivity index is 2.44. The molecule has 0 aliphatic rings. The van der Waals surface area contributed by atoms with Crippen molar-refractivity contribution in [3.63, 3.8) is 0 Å². The van der Waals surface area contributed by atoms with Gasteiger partial charge in [-0.05, 0) is 37.4 Å². The molecule has 2 nitrogen and oxygen atoms in total. The highest BCUT2D eigenvalue weighted by Gasteiger charge is 2.19. The van der Waals surface area contributed by atoms with Crippen LogP contribution in [0.2, 0.25) is 6.04 Å². The van der Waals surface area contributed by atoms with Crippen LogP contribution in [0.15, 0.2) is 30.8 Å². The standard InChI is InChI=1S/C17H28O2Si/c1-5-13-20(15(4)18-7-3)19-12-11-17-10-8-9-16(6-2)14-17/h6,8-10,14-15,20H,2,5,7,11-13H2,1,3-4H3. The molecule has 0 saturated carbocycles. The first-order chi connectivity index (χ1) is 9.71. The lowest BCUT2D eigenvalue weighted by Gasteiger charge is -2.22. The summed E-state index contributed by atoms with van der Waals surface area (Å²) in [6.07, 6.45) is 4.03. The molecular formula is C17H28O2Si. The zero-order valence-electron chi connectivity index (χ0n) is 13.1. The smallest absolute Gasteiger partial charge is 0.204 e. The summed E-state index contributed by atoms with van der Waals surface area (Å²) in [6, 6.07) is 9.67. The summed E-state index contributed by atoms with van der Waals surface area (Å²) in [4.78, 5) is 0. The van der Waals surface area contributed by atoms with Crippen molar-refractivity contribution in [2.45, 2.75) is 45.4 Å². The lowest BCUT2D eigenvalue weighted by molar-refractivity contribution is 0.109. The van der Waals surface area contributed by atoms with Crippen LogP contribution >= 0.6 is 0 Å². The van der Waals surface area contributed by atoms with E-state index in [1.807, 2.05) is 6.08 Å². The fourth-order valence-corrected chi connectivity index (χ4v) is 4.62. The SMILES string of the molecule is C=Cc1cccc(CCO[SiH](CCC)C(C)OCC)c1. The predicted molar refractivity (Wildman–Crippen MR) is 89.5 cm³/mol. The van der Waals surface area contributed by atoms with Crippen LogP contribution in [-0.4, -0.2) is 28.0 Å². The summed E-state index contributed by atoms with van der Waals surface area (Å²) in [7, 11) is -1.25. The van der Waals surface area contributed by atoms with Crippen molar-refractivity contribution in [2.24, 2.45) is 0 Å². The largest absolute Gasteiger partial charge is 0.417 e. The number of rotatable bonds is 10. The van der Waals surface area contributed by atoms with Gasteiger partial charge in [-0.1, -0.05) is 50.3 Å². The molecule has 0 heterocycles. The molecule has 0 bridgehead atoms. The summed E-state index contributed by atoms with van der Waals surface area (Å²) in [6.45, 7) is 11.8. The second-order valence-electron chi connectivity index (χ2n) is 5.06. The molecule has 2 unspecified atom stereocenters. The zero-order chi connectivity index (χ0) is 14.8. The molecule has 112 valence electrons. The van der Waals surface area contributed by atoms with E-state index in [9.17, 15) is 0 Å². The Morgan fingerprint density at radius 3 is 2.80 bits per heavy atom. The van der Waals surface area contributed by atoms with Gasteiger partial charge >= 0.3 is 0 Å². The molecule has 0 amide bonds. The van der Waals surface area contributed by atoms with E-state index in [0.29, 0.717) is 5.73 Å². The van der Waals surface area contributed by atoms with Gasteiger partial charge in [-0.3, -0.25) is 0 Å². The summed E-state index contributed by atoms with van der Waals surface area (Å²) in [5.41, 5.74) is 2.79. The fourth-order valence-electron chi connectivity index (χ4n) is 2.31. The Morgan fingerprint density at radius 1 is 1.35 bits per heavy atom. The molecule has 1 rings (SSSR count). The topological polar surface area (TPSA) is 18.5 Å². The number of hydrogen-bond acceptors (Lipinski definition) is 2. The van der Waals surface area contributed by atoms with Crippen molar-refractivity contribution in [2.75, 3.05) is 13.2 Å². The van der Waals surface area contributed by atoms with Crippen LogP contribution < -0.4 is 0 Å². The molecule has 0 spiro atoms. The molecular weight excluding hydrogens is 264 g/mol. The minimum atomic E-state index is -1.25. The van der Waals surface area contributed by atoms with E-state index in [2.05, 4.69) is 51.6 Å². The summed E-state index contributed by atoms with van der Waals surface area (Å²) in [5, 5.41) is 0. The summed E-state index contributed by atoms with van der Waals surface area (Å²) < 4.78 is 11.9. The highest BCUT2D eigenvalue weighted by molar-refractivity contribution is 6.53. The van der Waals surface area contributed by atoms with Crippen LogP contribution in [0.1, 0.15) is 38.3 Å². The normalized spacial score (nSPS) is 13.9. The molecule has 0 aromatic heterocycles. The van der Waals surface area contributed by atoms with E-state index in [4.69, 9.17) is 9.16 Å². The first-order valence-corrected chi connectivity index (χ1v) is 9.61. The minimum absolute atomic E-state index is 0.305. The van der Waals surface area contributed by atoms with Gasteiger partial charge in [0.1, 0.15) is 0 Å². The van der Waals surface area contributed by atoms with Gasteiger partial charge in [-0.25, -0.2) is 0 Å². The first kappa shape index (κ1) is 17.1. The maximum Gasteiger partial charge on any atom is 0.204 e. The average molecular weight is 292 g/mol. The number of benzene rings is 1. The zero-order valence-corrected chi connectivity index (χ0v) is 14.3. The Hall–Kier alpha value is -0.903. The molecule has 0 N–H and O–H groups in total. The van der Waals surface area contributed by atoms with E-state index >= 15 is 0 Å². The lowest BCUT2D eigenvalue weighted by Crippen LogP contribution is -2.34. The van der Waals surface area contributed by atoms with Gasteiger partial charge in [0, 0.05) is 13.2 Å². The first-order valence-electron chi connectivity index (χ1n) is 7.65. The van der Waals surface area contributed by atoms with Gasteiger partial charge < -0.3 is 9.16 Å². The summed E-state index contributed by atoms with van der Waals surface area (Å²) >= 11 is 0. The molecule has 3 heteroatoms. The van der Waals surface area contributed by atoms with Crippen LogP contribution in [-0.2, 0) is 15.6 Å². The van der Waals surface area contributed by atoms with Crippen LogP contribution in [0.3, 0.4) is 0 Å². The van der Waals surface area contributed by atoms with Gasteiger partial charge in [-0.15, -0.1) is 0 Å². The van der Waals surface area contributed by atoms with Gasteiger partial charge in [0.05, 0.1) is 5.73 Å². The maximum atomic E-state index is 6.16. The minimum Gasteiger partial charge on any atom is -0.417 e. The second-order valence-corrected chi connectivity index (χ2v) is 7.98. The third-order valence-electron chi connectivity index (χ3n) is 3.44. The molecule has 0 fully saturated rings. The highest BCUT2D eigenvalue weighted by Crippen LogP contribution is 2.11. The van der Waals surface area contributed by atoms with Crippen molar-refractivity contribution < 1.29 is 9.16 Å². The molecule has 2 atom stereocenters. The molecule has 20 heavy (non-hydrogen) atoms. The Bertz CT molecular complexity index is 392. The van der Waals surface area contributed by atoms with Crippen LogP contribution in [0, 0.1) is 0 Å². The molecule has 0 radical (unpaired) electrons. The van der Waals surface area contributed by atoms with Gasteiger partial charge in [0.2, 0.25) is 9.04 Å². The molecule has 0 saturated heterocycles. The van der Waals surface area contributed by atoms with Gasteiger partial charge in [-0.2, -0.15) is 0 Å². The lowest BCUT2D eigenvalue weighted by atomic mass is 10.1. The van der Waals surface area contributed by atoms with Crippen molar-refractivity contribution in [1.82, 2.24) is 0 Å². The highest BCUT2D eigenvalue weighted by atomic mass is 28.3. The van der Waals surface area contributed by atoms with Crippen molar-refractivity contribution in [3.8, 4) is 0 Å². The van der Waals surface area contributed by atoms with E-state index in [1.165, 1.54) is 23.6 Å². The molecule has 1 aromatic carbocycles. The van der Waals surface area contributed by atoms with Crippen LogP contribution in [0.25, 0.3) is 6.08 Å². The van der Waals surface area contributed by atoms with E-state index in [-0.39, 0.29) is 0 Å².